The number of fused-ring (bicyclic) bond motifs is 3. The van der Waals surface area contributed by atoms with Gasteiger partial charge in [0, 0.05) is 48.3 Å². The molecule has 0 radical (unpaired) electrons. The number of benzene rings is 2. The molecule has 4 rings (SSSR count). The molecule has 1 aromatic heterocycles. The van der Waals surface area contributed by atoms with E-state index in [4.69, 9.17) is 0 Å². The molecule has 0 fully saturated rings. The molecule has 28 heavy (non-hydrogen) atoms. The number of H-pyrrole nitrogens is 1. The first-order valence-corrected chi connectivity index (χ1v) is 10.2. The first-order chi connectivity index (χ1) is 13.7. The average molecular weight is 377 g/mol. The molecule has 146 valence electrons. The van der Waals surface area contributed by atoms with Crippen molar-refractivity contribution in [3.8, 4) is 0 Å². The number of aromatic amines is 1. The summed E-state index contributed by atoms with van der Waals surface area (Å²) < 4.78 is 0. The van der Waals surface area contributed by atoms with Crippen LogP contribution in [0.2, 0.25) is 0 Å². The van der Waals surface area contributed by atoms with Gasteiger partial charge in [0.1, 0.15) is 0 Å². The molecule has 1 aliphatic rings. The number of anilines is 1. The van der Waals surface area contributed by atoms with Crippen molar-refractivity contribution in [2.75, 3.05) is 25.0 Å². The van der Waals surface area contributed by atoms with Gasteiger partial charge in [0.2, 0.25) is 0 Å². The number of carbonyl (C=O) groups is 1. The lowest BCUT2D eigenvalue weighted by atomic mass is 10.0. The van der Waals surface area contributed by atoms with Gasteiger partial charge in [-0.15, -0.1) is 0 Å². The number of urea groups is 1. The van der Waals surface area contributed by atoms with Crippen LogP contribution in [0.4, 0.5) is 10.5 Å². The van der Waals surface area contributed by atoms with Gasteiger partial charge in [-0.05, 0) is 48.7 Å². The Morgan fingerprint density at radius 1 is 1.18 bits per heavy atom. The van der Waals surface area contributed by atoms with Crippen molar-refractivity contribution in [1.82, 2.24) is 15.2 Å². The van der Waals surface area contributed by atoms with Crippen molar-refractivity contribution in [2.45, 2.75) is 32.7 Å². The van der Waals surface area contributed by atoms with Crippen LogP contribution in [0.1, 0.15) is 30.2 Å². The zero-order chi connectivity index (χ0) is 19.3. The second-order valence-electron chi connectivity index (χ2n) is 7.49. The molecule has 0 aliphatic carbocycles. The monoisotopic (exact) mass is 376 g/mol. The van der Waals surface area contributed by atoms with Crippen molar-refractivity contribution in [2.24, 2.45) is 0 Å². The second-order valence-corrected chi connectivity index (χ2v) is 7.49. The first-order valence-electron chi connectivity index (χ1n) is 10.2. The lowest BCUT2D eigenvalue weighted by molar-refractivity contribution is 0.252. The van der Waals surface area contributed by atoms with Gasteiger partial charge in [-0.1, -0.05) is 37.3 Å². The van der Waals surface area contributed by atoms with Gasteiger partial charge in [0.05, 0.1) is 0 Å². The van der Waals surface area contributed by atoms with E-state index in [1.165, 1.54) is 28.6 Å². The summed E-state index contributed by atoms with van der Waals surface area (Å²) in [5, 5.41) is 7.14. The SMILES string of the molecule is CCCN1CCc2[nH]c3ccc(NC(=O)NCCc4ccccc4)cc3c2C1. The summed E-state index contributed by atoms with van der Waals surface area (Å²) in [6.45, 7) is 6.07. The summed E-state index contributed by atoms with van der Waals surface area (Å²) in [6.07, 6.45) is 3.06. The van der Waals surface area contributed by atoms with Crippen molar-refractivity contribution in [1.29, 1.82) is 0 Å². The van der Waals surface area contributed by atoms with E-state index < -0.39 is 0 Å². The first kappa shape index (κ1) is 18.6. The number of rotatable bonds is 6. The fourth-order valence-corrected chi connectivity index (χ4v) is 4.00. The van der Waals surface area contributed by atoms with Crippen molar-refractivity contribution in [3.63, 3.8) is 0 Å². The quantitative estimate of drug-likeness (QED) is 0.601. The molecule has 3 N–H and O–H groups in total. The molecule has 5 nitrogen and oxygen atoms in total. The summed E-state index contributed by atoms with van der Waals surface area (Å²) in [5.74, 6) is 0. The Kier molecular flexibility index (Phi) is 5.63. The van der Waals surface area contributed by atoms with Gasteiger partial charge >= 0.3 is 6.03 Å². The fourth-order valence-electron chi connectivity index (χ4n) is 4.00. The van der Waals surface area contributed by atoms with Gasteiger partial charge in [-0.3, -0.25) is 4.90 Å². The average Bonchev–Trinajstić information content (AvgIpc) is 3.06. The van der Waals surface area contributed by atoms with Gasteiger partial charge in [-0.2, -0.15) is 0 Å². The van der Waals surface area contributed by atoms with Crippen LogP contribution >= 0.6 is 0 Å². The minimum atomic E-state index is -0.160. The Balaban J connectivity index is 1.40. The Labute approximate surface area is 166 Å². The number of nitrogens with one attached hydrogen (secondary N) is 3. The Bertz CT molecular complexity index is 948. The molecule has 5 heteroatoms. The van der Waals surface area contributed by atoms with Crippen LogP contribution in [-0.2, 0) is 19.4 Å². The number of hydrogen-bond donors (Lipinski definition) is 3. The molecule has 0 bridgehead atoms. The zero-order valence-corrected chi connectivity index (χ0v) is 16.4. The molecule has 0 saturated carbocycles. The van der Waals surface area contributed by atoms with Gasteiger partial charge in [-0.25, -0.2) is 4.79 Å². The third-order valence-electron chi connectivity index (χ3n) is 5.39. The van der Waals surface area contributed by atoms with E-state index in [1.807, 2.05) is 24.3 Å². The second kappa shape index (κ2) is 8.48. The highest BCUT2D eigenvalue weighted by atomic mass is 16.2. The highest BCUT2D eigenvalue weighted by Crippen LogP contribution is 2.29. The minimum Gasteiger partial charge on any atom is -0.358 e. The molecule has 3 aromatic rings. The minimum absolute atomic E-state index is 0.160. The summed E-state index contributed by atoms with van der Waals surface area (Å²) in [6, 6.07) is 16.1. The summed E-state index contributed by atoms with van der Waals surface area (Å²) in [4.78, 5) is 18.3. The van der Waals surface area contributed by atoms with Crippen LogP contribution in [0.25, 0.3) is 10.9 Å². The summed E-state index contributed by atoms with van der Waals surface area (Å²) >= 11 is 0. The number of aromatic nitrogens is 1. The molecule has 2 amide bonds. The molecule has 0 saturated heterocycles. The maximum atomic E-state index is 12.3. The lowest BCUT2D eigenvalue weighted by Gasteiger charge is -2.26. The van der Waals surface area contributed by atoms with Gasteiger partial charge in [0.15, 0.2) is 0 Å². The van der Waals surface area contributed by atoms with Gasteiger partial charge in [0.25, 0.3) is 0 Å². The largest absolute Gasteiger partial charge is 0.358 e. The molecule has 1 aliphatic heterocycles. The van der Waals surface area contributed by atoms with Crippen molar-refractivity contribution < 1.29 is 4.79 Å². The van der Waals surface area contributed by atoms with Gasteiger partial charge < -0.3 is 15.6 Å². The van der Waals surface area contributed by atoms with Crippen LogP contribution in [-0.4, -0.2) is 35.5 Å². The fraction of sp³-hybridized carbons (Fsp3) is 0.348. The Morgan fingerprint density at radius 3 is 2.86 bits per heavy atom. The third kappa shape index (κ3) is 4.20. The molecule has 2 aromatic carbocycles. The number of amides is 2. The zero-order valence-electron chi connectivity index (χ0n) is 16.4. The standard InChI is InChI=1S/C23H28N4O/c1-2-13-27-14-11-22-20(16-27)19-15-18(8-9-21(19)26-22)25-23(28)24-12-10-17-6-4-3-5-7-17/h3-9,15,26H,2,10-14,16H2,1H3,(H2,24,25,28). The van der Waals surface area contributed by atoms with E-state index in [1.54, 1.807) is 0 Å². The maximum absolute atomic E-state index is 12.3. The smallest absolute Gasteiger partial charge is 0.319 e. The predicted molar refractivity (Wildman–Crippen MR) is 115 cm³/mol. The molecule has 0 spiro atoms. The summed E-state index contributed by atoms with van der Waals surface area (Å²) in [5.41, 5.74) is 5.92. The molecule has 0 atom stereocenters. The molecule has 2 heterocycles. The summed E-state index contributed by atoms with van der Waals surface area (Å²) in [7, 11) is 0. The van der Waals surface area contributed by atoms with Crippen molar-refractivity contribution in [3.05, 3.63) is 65.4 Å². The van der Waals surface area contributed by atoms with Crippen LogP contribution in [0.3, 0.4) is 0 Å². The van der Waals surface area contributed by atoms with Crippen molar-refractivity contribution >= 4 is 22.6 Å². The number of nitrogens with zero attached hydrogens (tertiary/aromatic N) is 1. The van der Waals surface area contributed by atoms with E-state index in [0.717, 1.165) is 43.7 Å². The van der Waals surface area contributed by atoms with Crippen LogP contribution in [0, 0.1) is 0 Å². The lowest BCUT2D eigenvalue weighted by Crippen LogP contribution is -2.31. The highest BCUT2D eigenvalue weighted by Gasteiger charge is 2.20. The maximum Gasteiger partial charge on any atom is 0.319 e. The predicted octanol–water partition coefficient (Wildman–Crippen LogP) is 4.30. The third-order valence-corrected chi connectivity index (χ3v) is 5.39. The topological polar surface area (TPSA) is 60.2 Å². The van der Waals surface area contributed by atoms with E-state index in [0.29, 0.717) is 6.54 Å². The van der Waals surface area contributed by atoms with E-state index in [2.05, 4.69) is 51.7 Å². The number of hydrogen-bond acceptors (Lipinski definition) is 2. The normalized spacial score (nSPS) is 14.0. The van der Waals surface area contributed by atoms with Crippen LogP contribution in [0.5, 0.6) is 0 Å². The van der Waals surface area contributed by atoms with E-state index in [9.17, 15) is 4.79 Å². The Morgan fingerprint density at radius 2 is 2.04 bits per heavy atom. The van der Waals surface area contributed by atoms with E-state index in [-0.39, 0.29) is 6.03 Å². The highest BCUT2D eigenvalue weighted by molar-refractivity contribution is 5.94. The molecule has 0 unspecified atom stereocenters. The molecular weight excluding hydrogens is 348 g/mol. The van der Waals surface area contributed by atoms with E-state index >= 15 is 0 Å². The molecular formula is C23H28N4O. The van der Waals surface area contributed by atoms with Crippen LogP contribution in [0.15, 0.2) is 48.5 Å². The van der Waals surface area contributed by atoms with Crippen LogP contribution < -0.4 is 10.6 Å². The Hall–Kier alpha value is -2.79. The number of carbonyl (C=O) groups excluding carboxylic acids is 1.